The average molecular weight is 352 g/mol. The topological polar surface area (TPSA) is 29.5 Å². The third-order valence-electron chi connectivity index (χ3n) is 4.45. The van der Waals surface area contributed by atoms with Gasteiger partial charge in [0.2, 0.25) is 0 Å². The molecule has 0 aromatic heterocycles. The van der Waals surface area contributed by atoms with Gasteiger partial charge in [0.1, 0.15) is 18.0 Å². The van der Waals surface area contributed by atoms with Gasteiger partial charge in [-0.25, -0.2) is 0 Å². The predicted molar refractivity (Wildman–Crippen MR) is 96.7 cm³/mol. The predicted octanol–water partition coefficient (Wildman–Crippen LogP) is 1.47. The first-order chi connectivity index (χ1) is 11.1. The summed E-state index contributed by atoms with van der Waals surface area (Å²) in [5.74, 6) is 1.02. The molecule has 0 atom stereocenters. The van der Waals surface area contributed by atoms with E-state index in [-0.39, 0.29) is 18.2 Å². The van der Waals surface area contributed by atoms with Crippen LogP contribution in [0, 0.1) is 0 Å². The number of rotatable bonds is 6. The summed E-state index contributed by atoms with van der Waals surface area (Å²) in [4.78, 5) is 0. The monoisotopic (exact) mass is 351 g/mol. The number of aromatic hydroxyl groups is 1. The maximum absolute atomic E-state index is 8.80. The molecule has 2 rings (SSSR count). The Bertz CT molecular complexity index is 531. The summed E-state index contributed by atoms with van der Waals surface area (Å²) in [7, 11) is 1.59. The van der Waals surface area contributed by atoms with Crippen molar-refractivity contribution >= 4 is 0 Å². The molecule has 0 aliphatic carbocycles. The lowest BCUT2D eigenvalue weighted by Gasteiger charge is -2.35. The zero-order valence-corrected chi connectivity index (χ0v) is 16.0. The Morgan fingerprint density at radius 3 is 1.75 bits per heavy atom. The molecule has 0 saturated heterocycles. The quantitative estimate of drug-likeness (QED) is 0.799. The number of hydrogen-bond acceptors (Lipinski definition) is 2. The van der Waals surface area contributed by atoms with Crippen LogP contribution in [0.5, 0.6) is 11.5 Å². The minimum atomic E-state index is 0. The number of phenols is 1. The molecule has 0 saturated carbocycles. The third-order valence-corrected chi connectivity index (χ3v) is 4.45. The molecule has 0 aliphatic heterocycles. The molecule has 24 heavy (non-hydrogen) atoms. The Kier molecular flexibility index (Phi) is 10.9. The summed E-state index contributed by atoms with van der Waals surface area (Å²) in [5, 5.41) is 8.80. The fourth-order valence-corrected chi connectivity index (χ4v) is 2.56. The maximum Gasteiger partial charge on any atom is 0.119 e. The van der Waals surface area contributed by atoms with Crippen molar-refractivity contribution in [2.24, 2.45) is 0 Å². The Hall–Kier alpha value is -1.71. The van der Waals surface area contributed by atoms with Gasteiger partial charge in [0.15, 0.2) is 0 Å². The molecular weight excluding hydrogens is 322 g/mol. The highest BCUT2D eigenvalue weighted by Crippen LogP contribution is 2.15. The van der Waals surface area contributed by atoms with Crippen molar-refractivity contribution in [1.29, 1.82) is 0 Å². The molecule has 0 unspecified atom stereocenters. The van der Waals surface area contributed by atoms with Gasteiger partial charge in [0.05, 0.1) is 26.7 Å². The first-order valence-corrected chi connectivity index (χ1v) is 8.31. The van der Waals surface area contributed by atoms with Crippen LogP contribution < -0.4 is 17.1 Å². The summed E-state index contributed by atoms with van der Waals surface area (Å²) < 4.78 is 6.06. The lowest BCUT2D eigenvalue weighted by Crippen LogP contribution is -3.00. The van der Waals surface area contributed by atoms with E-state index >= 15 is 0 Å². The van der Waals surface area contributed by atoms with Crippen molar-refractivity contribution in [2.75, 3.05) is 26.7 Å². The number of benzene rings is 2. The smallest absolute Gasteiger partial charge is 0.119 e. The van der Waals surface area contributed by atoms with Crippen LogP contribution >= 0.6 is 0 Å². The Balaban J connectivity index is 0.000000460. The number of nitrogens with zero attached hydrogens (tertiary/aromatic N) is 1. The number of methoxy groups -OCH3 is 1. The van der Waals surface area contributed by atoms with Gasteiger partial charge >= 0.3 is 0 Å². The fraction of sp³-hybridized carbons (Fsp3) is 0.400. The largest absolute Gasteiger partial charge is 1.00 e. The first kappa shape index (κ1) is 22.3. The van der Waals surface area contributed by atoms with E-state index < -0.39 is 0 Å². The van der Waals surface area contributed by atoms with Crippen LogP contribution in [0.3, 0.4) is 0 Å². The third kappa shape index (κ3) is 7.24. The van der Waals surface area contributed by atoms with Crippen LogP contribution in [0.1, 0.15) is 26.3 Å². The number of ether oxygens (including phenoxy) is 1. The summed E-state index contributed by atoms with van der Waals surface area (Å²) in [6.45, 7) is 11.7. The van der Waals surface area contributed by atoms with E-state index in [9.17, 15) is 0 Å². The molecule has 0 heterocycles. The van der Waals surface area contributed by atoms with Crippen molar-refractivity contribution in [1.82, 2.24) is 0 Å². The second-order valence-corrected chi connectivity index (χ2v) is 5.63. The number of hydrogen-bond donors (Lipinski definition) is 1. The van der Waals surface area contributed by atoms with Crippen molar-refractivity contribution in [2.45, 2.75) is 27.3 Å². The average Bonchev–Trinajstić information content (AvgIpc) is 2.62. The molecule has 0 amide bonds. The second-order valence-electron chi connectivity index (χ2n) is 5.63. The van der Waals surface area contributed by atoms with Gasteiger partial charge in [-0.2, -0.15) is 0 Å². The van der Waals surface area contributed by atoms with E-state index in [0.717, 1.165) is 5.75 Å². The molecule has 2 aromatic rings. The van der Waals surface area contributed by atoms with Gasteiger partial charge in [-0.3, -0.25) is 0 Å². The van der Waals surface area contributed by atoms with E-state index in [1.165, 1.54) is 36.2 Å². The van der Waals surface area contributed by atoms with Crippen LogP contribution in [0.2, 0.25) is 0 Å². The minimum absolute atomic E-state index is 0. The molecule has 0 fully saturated rings. The molecule has 0 radical (unpaired) electrons. The van der Waals surface area contributed by atoms with Gasteiger partial charge in [0, 0.05) is 5.56 Å². The molecule has 0 spiro atoms. The summed E-state index contributed by atoms with van der Waals surface area (Å²) in [6.07, 6.45) is 0. The lowest BCUT2D eigenvalue weighted by atomic mass is 10.2. The molecule has 0 bridgehead atoms. The van der Waals surface area contributed by atoms with E-state index in [1.54, 1.807) is 31.4 Å². The van der Waals surface area contributed by atoms with Gasteiger partial charge in [-0.1, -0.05) is 30.3 Å². The molecule has 0 aliphatic rings. The number of quaternary nitrogens is 1. The van der Waals surface area contributed by atoms with Crippen LogP contribution in [-0.2, 0) is 6.54 Å². The highest BCUT2D eigenvalue weighted by Gasteiger charge is 2.20. The fourth-order valence-electron chi connectivity index (χ4n) is 2.56. The van der Waals surface area contributed by atoms with E-state index in [1.807, 2.05) is 0 Å². The minimum Gasteiger partial charge on any atom is -1.00 e. The van der Waals surface area contributed by atoms with Gasteiger partial charge in [-0.15, -0.1) is 0 Å². The summed E-state index contributed by atoms with van der Waals surface area (Å²) in [6, 6.07) is 17.4. The number of halogens is 1. The summed E-state index contributed by atoms with van der Waals surface area (Å²) in [5.41, 5.74) is 1.46. The van der Waals surface area contributed by atoms with Crippen LogP contribution in [0.4, 0.5) is 0 Å². The van der Waals surface area contributed by atoms with Crippen LogP contribution in [0.25, 0.3) is 0 Å². The standard InChI is InChI=1S/C13H22N.C7H8O2.ClH/c1-4-14(5-2,6-3)12-13-10-8-7-9-11-13;1-9-7-4-2-6(8)3-5-7;/h7-11H,4-6,12H2,1-3H3;2-5,8H,1H3;1H/q+1;;/p-1. The molecule has 134 valence electrons. The van der Waals surface area contributed by atoms with Gasteiger partial charge in [0.25, 0.3) is 0 Å². The first-order valence-electron chi connectivity index (χ1n) is 8.31. The van der Waals surface area contributed by atoms with E-state index in [2.05, 4.69) is 51.1 Å². The molecule has 1 N–H and O–H groups in total. The van der Waals surface area contributed by atoms with Gasteiger partial charge < -0.3 is 26.7 Å². The molecule has 3 nitrogen and oxygen atoms in total. The van der Waals surface area contributed by atoms with Crippen LogP contribution in [-0.4, -0.2) is 36.3 Å². The second kappa shape index (κ2) is 11.8. The van der Waals surface area contributed by atoms with Crippen molar-refractivity contribution in [3.05, 3.63) is 60.2 Å². The number of phenolic OH excluding ortho intramolecular Hbond substituents is 1. The molecular formula is C20H30ClNO2. The highest BCUT2D eigenvalue weighted by molar-refractivity contribution is 5.29. The molecule has 4 heteroatoms. The normalized spacial score (nSPS) is 10.2. The van der Waals surface area contributed by atoms with Crippen LogP contribution in [0.15, 0.2) is 54.6 Å². The zero-order chi connectivity index (χ0) is 17.1. The van der Waals surface area contributed by atoms with E-state index in [0.29, 0.717) is 0 Å². The Labute approximate surface area is 152 Å². The zero-order valence-electron chi connectivity index (χ0n) is 15.2. The summed E-state index contributed by atoms with van der Waals surface area (Å²) >= 11 is 0. The van der Waals surface area contributed by atoms with Crippen molar-refractivity contribution < 1.29 is 26.7 Å². The SMILES string of the molecule is CC[N+](CC)(CC)Cc1ccccc1.COc1ccc(O)cc1.[Cl-]. The maximum atomic E-state index is 8.80. The van der Waals surface area contributed by atoms with E-state index in [4.69, 9.17) is 9.84 Å². The lowest BCUT2D eigenvalue weighted by molar-refractivity contribution is -0.936. The Morgan fingerprint density at radius 1 is 0.833 bits per heavy atom. The van der Waals surface area contributed by atoms with Crippen molar-refractivity contribution in [3.63, 3.8) is 0 Å². The highest BCUT2D eigenvalue weighted by atomic mass is 35.5. The van der Waals surface area contributed by atoms with Gasteiger partial charge in [-0.05, 0) is 45.0 Å². The van der Waals surface area contributed by atoms with Crippen molar-refractivity contribution in [3.8, 4) is 11.5 Å². The Morgan fingerprint density at radius 2 is 1.33 bits per heavy atom. The molecule has 2 aromatic carbocycles.